The van der Waals surface area contributed by atoms with Crippen LogP contribution in [0.3, 0.4) is 0 Å². The van der Waals surface area contributed by atoms with Gasteiger partial charge in [0.15, 0.2) is 11.6 Å². The maximum Gasteiger partial charge on any atom is 0.530 e. The molecule has 4 aromatic rings. The summed E-state index contributed by atoms with van der Waals surface area (Å²) in [7, 11) is -3.10. The number of fused-ring (bicyclic) bond motifs is 2. The lowest BCUT2D eigenvalue weighted by atomic mass is 9.96. The predicted molar refractivity (Wildman–Crippen MR) is 260 cm³/mol. The van der Waals surface area contributed by atoms with Crippen molar-refractivity contribution in [3.63, 3.8) is 0 Å². The second-order valence-corrected chi connectivity index (χ2v) is 20.3. The summed E-state index contributed by atoms with van der Waals surface area (Å²) in [5.41, 5.74) is 6.56. The van der Waals surface area contributed by atoms with E-state index in [9.17, 15) is 15.1 Å². The second-order valence-electron chi connectivity index (χ2n) is 18.3. The van der Waals surface area contributed by atoms with E-state index in [2.05, 4.69) is 29.1 Å². The van der Waals surface area contributed by atoms with Crippen molar-refractivity contribution in [3.05, 3.63) is 82.8 Å². The molecule has 2 aromatic carbocycles. The summed E-state index contributed by atoms with van der Waals surface area (Å²) in [5, 5.41) is 25.0. The Labute approximate surface area is 407 Å². The fourth-order valence-corrected chi connectivity index (χ4v) is 10.4. The third-order valence-electron chi connectivity index (χ3n) is 12.6. The van der Waals surface area contributed by atoms with Gasteiger partial charge >= 0.3 is 7.82 Å². The average molecular weight is 978 g/mol. The fraction of sp³-hybridized carbons (Fsp3) is 0.608. The minimum Gasteiger partial charge on any atom is -0.495 e. The first-order valence-electron chi connectivity index (χ1n) is 24.5. The number of phosphoric acid groups is 1. The number of phosphoric ester groups is 1. The second kappa shape index (κ2) is 26.1. The van der Waals surface area contributed by atoms with Crippen molar-refractivity contribution in [3.8, 4) is 23.6 Å². The van der Waals surface area contributed by atoms with Gasteiger partial charge in [0.25, 0.3) is 0 Å². The van der Waals surface area contributed by atoms with Crippen LogP contribution in [0, 0.1) is 22.7 Å². The molecule has 0 aliphatic carbocycles. The quantitative estimate of drug-likeness (QED) is 0.0369. The number of methoxy groups -OCH3 is 1. The lowest BCUT2D eigenvalue weighted by molar-refractivity contribution is -0.204. The molecule has 2 N–H and O–H groups in total. The predicted octanol–water partition coefficient (Wildman–Crippen LogP) is 12.5. The van der Waals surface area contributed by atoms with E-state index in [4.69, 9.17) is 54.6 Å². The molecule has 0 amide bonds. The Morgan fingerprint density at radius 3 is 2.15 bits per heavy atom. The first-order valence-corrected chi connectivity index (χ1v) is 26.3. The molecular weight excluding hydrogens is 907 g/mol. The number of nitrogens with zero attached hydrogens (tertiary/aromatic N) is 5. The third-order valence-corrected chi connectivity index (χ3v) is 14.3. The summed E-state index contributed by atoms with van der Waals surface area (Å²) in [5.74, 6) is -0.350. The number of nitrogen functional groups attached to an aromatic ring is 1. The Morgan fingerprint density at radius 1 is 0.853 bits per heavy atom. The Morgan fingerprint density at radius 2 is 1.51 bits per heavy atom. The highest BCUT2D eigenvalue weighted by atomic mass is 35.5. The standard InChI is InChI=1S/C51H70ClN6O9P/c1-5-6-7-8-9-10-11-12-13-14-15-16-17-18-19-20-21-24-40(61-33-38-27-28-39(32-53)45(31-38)60-4)34-62-68(59,67-44-26-23-22-25-41(44)52)63-36-51(35-54)48-47(64-50(2,3)66-48)46(65-51)42-29-30-43-49(55)56-37-57-58(42)43/h22-23,25-31,37,40,46-48H,5-21,24,33-34,36H2,1-4H3,(H2,55,56,57)/t40-,46?,47+,48+,51-,68?/m1/s1. The number of nitrogens with two attached hydrogens (primary N) is 1. The average Bonchev–Trinajstić information content (AvgIpc) is 4.00. The van der Waals surface area contributed by atoms with Gasteiger partial charge in [-0.15, -0.1) is 0 Å². The van der Waals surface area contributed by atoms with Crippen LogP contribution in [0.25, 0.3) is 5.52 Å². The minimum absolute atomic E-state index is 0.0559. The third kappa shape index (κ3) is 14.6. The molecule has 0 saturated carbocycles. The zero-order chi connectivity index (χ0) is 48.4. The summed E-state index contributed by atoms with van der Waals surface area (Å²) in [6, 6.07) is 19.7. The van der Waals surface area contributed by atoms with Gasteiger partial charge < -0.3 is 33.9 Å². The molecule has 370 valence electrons. The van der Waals surface area contributed by atoms with Gasteiger partial charge in [-0.1, -0.05) is 146 Å². The molecule has 2 fully saturated rings. The number of benzene rings is 2. The van der Waals surface area contributed by atoms with E-state index in [0.717, 1.165) is 24.8 Å². The molecule has 6 atom stereocenters. The summed E-state index contributed by atoms with van der Waals surface area (Å²) in [4.78, 5) is 4.09. The van der Waals surface area contributed by atoms with Gasteiger partial charge in [-0.2, -0.15) is 15.6 Å². The Balaban J connectivity index is 1.10. The van der Waals surface area contributed by atoms with Crippen molar-refractivity contribution < 1.29 is 41.8 Å². The van der Waals surface area contributed by atoms with Crippen molar-refractivity contribution in [2.75, 3.05) is 26.1 Å². The van der Waals surface area contributed by atoms with E-state index in [1.54, 1.807) is 73.0 Å². The van der Waals surface area contributed by atoms with Gasteiger partial charge in [0, 0.05) is 0 Å². The van der Waals surface area contributed by atoms with E-state index in [0.29, 0.717) is 28.9 Å². The molecule has 4 heterocycles. The van der Waals surface area contributed by atoms with Crippen LogP contribution in [0.5, 0.6) is 11.5 Å². The van der Waals surface area contributed by atoms with Crippen molar-refractivity contribution in [2.45, 2.75) is 179 Å². The van der Waals surface area contributed by atoms with Crippen LogP contribution in [-0.2, 0) is 39.2 Å². The van der Waals surface area contributed by atoms with Crippen LogP contribution in [0.4, 0.5) is 5.82 Å². The highest BCUT2D eigenvalue weighted by Gasteiger charge is 2.65. The first-order chi connectivity index (χ1) is 32.9. The Hall–Kier alpha value is -4.28. The summed E-state index contributed by atoms with van der Waals surface area (Å²) < 4.78 is 65.9. The summed E-state index contributed by atoms with van der Waals surface area (Å²) >= 11 is 6.52. The molecule has 6 rings (SSSR count). The van der Waals surface area contributed by atoms with E-state index < -0.39 is 50.2 Å². The monoisotopic (exact) mass is 976 g/mol. The maximum absolute atomic E-state index is 15.0. The Bertz CT molecular complexity index is 2340. The highest BCUT2D eigenvalue weighted by Crippen LogP contribution is 2.55. The van der Waals surface area contributed by atoms with Gasteiger partial charge in [0.05, 0.1) is 42.7 Å². The normalized spacial score (nSPS) is 21.0. The number of anilines is 1. The van der Waals surface area contributed by atoms with Gasteiger partial charge in [-0.3, -0.25) is 9.05 Å². The lowest BCUT2D eigenvalue weighted by Crippen LogP contribution is -2.46. The van der Waals surface area contributed by atoms with E-state index in [1.165, 1.54) is 103 Å². The molecule has 0 bridgehead atoms. The highest BCUT2D eigenvalue weighted by molar-refractivity contribution is 7.49. The SMILES string of the molecule is CCCCCCCCCCCCCCCCCCC[C@H](COP(=O)(OC[C@@]1(C#N)OC(c2ccc3c(N)ncnn23)[C@@H]2OC(C)(C)O[C@@H]21)Oc1ccccc1Cl)OCc1ccc(C#N)c(OC)c1. The topological polar surface area (TPSA) is 195 Å². The van der Waals surface area contributed by atoms with E-state index in [1.807, 2.05) is 0 Å². The zero-order valence-corrected chi connectivity index (χ0v) is 41.9. The van der Waals surface area contributed by atoms with Crippen LogP contribution in [0.1, 0.15) is 159 Å². The smallest absolute Gasteiger partial charge is 0.495 e. The van der Waals surface area contributed by atoms with Crippen molar-refractivity contribution >= 4 is 30.8 Å². The maximum atomic E-state index is 15.0. The van der Waals surface area contributed by atoms with Crippen molar-refractivity contribution in [1.29, 1.82) is 10.5 Å². The van der Waals surface area contributed by atoms with Crippen LogP contribution in [0.15, 0.2) is 60.9 Å². The number of halogens is 1. The Kier molecular flexibility index (Phi) is 20.4. The minimum atomic E-state index is -4.61. The molecule has 2 aliphatic rings. The molecule has 0 radical (unpaired) electrons. The number of rotatable bonds is 31. The van der Waals surface area contributed by atoms with E-state index >= 15 is 0 Å². The fourth-order valence-electron chi connectivity index (χ4n) is 8.91. The summed E-state index contributed by atoms with van der Waals surface area (Å²) in [6.07, 6.45) is 20.1. The number of hydrogen-bond acceptors (Lipinski definition) is 14. The first kappa shape index (κ1) is 53.1. The number of aromatic nitrogens is 3. The summed E-state index contributed by atoms with van der Waals surface area (Å²) in [6.45, 7) is 5.13. The van der Waals surface area contributed by atoms with Gasteiger partial charge in [0.1, 0.15) is 60.4 Å². The molecule has 2 aromatic heterocycles. The molecular formula is C51H70ClN6O9P. The van der Waals surface area contributed by atoms with Gasteiger partial charge in [-0.05, 0) is 62.2 Å². The molecule has 2 saturated heterocycles. The molecule has 15 nitrogen and oxygen atoms in total. The largest absolute Gasteiger partial charge is 0.530 e. The molecule has 17 heteroatoms. The zero-order valence-electron chi connectivity index (χ0n) is 40.2. The number of ether oxygens (including phenoxy) is 5. The molecule has 2 aliphatic heterocycles. The van der Waals surface area contributed by atoms with Crippen LogP contribution >= 0.6 is 19.4 Å². The number of para-hydroxylation sites is 1. The number of hydrogen-bond donors (Lipinski definition) is 1. The van der Waals surface area contributed by atoms with Crippen LogP contribution < -0.4 is 15.0 Å². The molecule has 0 spiro atoms. The van der Waals surface area contributed by atoms with Crippen molar-refractivity contribution in [2.24, 2.45) is 0 Å². The molecule has 2 unspecified atom stereocenters. The number of unbranched alkanes of at least 4 members (excludes halogenated alkanes) is 16. The van der Waals surface area contributed by atoms with Gasteiger partial charge in [0.2, 0.25) is 5.60 Å². The van der Waals surface area contributed by atoms with Crippen LogP contribution in [-0.4, -0.2) is 64.6 Å². The number of nitriles is 2. The van der Waals surface area contributed by atoms with Gasteiger partial charge in [-0.25, -0.2) is 14.1 Å². The molecule has 68 heavy (non-hydrogen) atoms. The van der Waals surface area contributed by atoms with Crippen molar-refractivity contribution in [1.82, 2.24) is 14.6 Å². The van der Waals surface area contributed by atoms with Crippen LogP contribution in [0.2, 0.25) is 5.02 Å². The lowest BCUT2D eigenvalue weighted by Gasteiger charge is -2.30. The van der Waals surface area contributed by atoms with E-state index in [-0.39, 0.29) is 29.8 Å².